The van der Waals surface area contributed by atoms with Crippen LogP contribution >= 0.6 is 11.5 Å². The van der Waals surface area contributed by atoms with Gasteiger partial charge < -0.3 is 5.32 Å². The number of benzene rings is 1. The third-order valence-electron chi connectivity index (χ3n) is 3.45. The monoisotopic (exact) mass is 275 g/mol. The topological polar surface area (TPSA) is 37.8 Å². The van der Waals surface area contributed by atoms with Crippen molar-refractivity contribution in [2.75, 3.05) is 6.54 Å². The molecule has 0 spiro atoms. The van der Waals surface area contributed by atoms with E-state index in [0.29, 0.717) is 0 Å². The van der Waals surface area contributed by atoms with Crippen LogP contribution in [0.25, 0.3) is 0 Å². The van der Waals surface area contributed by atoms with E-state index in [2.05, 4.69) is 54.7 Å². The third-order valence-corrected chi connectivity index (χ3v) is 4.18. The first-order chi connectivity index (χ1) is 9.13. The fourth-order valence-electron chi connectivity index (χ4n) is 2.25. The lowest BCUT2D eigenvalue weighted by Crippen LogP contribution is -2.23. The molecule has 0 radical (unpaired) electrons. The molecule has 1 atom stereocenters. The molecule has 0 aliphatic rings. The molecule has 0 aliphatic carbocycles. The molecule has 1 unspecified atom stereocenters. The summed E-state index contributed by atoms with van der Waals surface area (Å²) in [6, 6.07) is 4.76. The molecule has 0 saturated carbocycles. The Morgan fingerprint density at radius 3 is 2.53 bits per heavy atom. The summed E-state index contributed by atoms with van der Waals surface area (Å²) in [6.07, 6.45) is 2.99. The van der Waals surface area contributed by atoms with Crippen LogP contribution in [0.2, 0.25) is 0 Å². The molecule has 2 aromatic rings. The van der Waals surface area contributed by atoms with Gasteiger partial charge in [-0.15, -0.1) is 5.10 Å². The number of rotatable bonds is 5. The summed E-state index contributed by atoms with van der Waals surface area (Å²) < 4.78 is 4.00. The Kier molecular flexibility index (Phi) is 4.66. The molecule has 1 heterocycles. The molecule has 0 aliphatic heterocycles. The molecule has 4 heteroatoms. The average molecular weight is 275 g/mol. The van der Waals surface area contributed by atoms with Crippen LogP contribution in [0, 0.1) is 20.8 Å². The number of hydrogen-bond donors (Lipinski definition) is 1. The summed E-state index contributed by atoms with van der Waals surface area (Å²) in [5.74, 6) is 0. The minimum atomic E-state index is 0.208. The maximum absolute atomic E-state index is 4.00. The Bertz CT molecular complexity index is 535. The molecule has 0 saturated heterocycles. The zero-order chi connectivity index (χ0) is 13.8. The highest BCUT2D eigenvalue weighted by atomic mass is 32.1. The zero-order valence-corrected chi connectivity index (χ0v) is 12.8. The summed E-state index contributed by atoms with van der Waals surface area (Å²) >= 11 is 1.47. The first-order valence-corrected chi connectivity index (χ1v) is 7.49. The van der Waals surface area contributed by atoms with Gasteiger partial charge in [0.05, 0.1) is 17.1 Å². The highest BCUT2D eigenvalue weighted by Crippen LogP contribution is 2.28. The van der Waals surface area contributed by atoms with E-state index in [1.54, 1.807) is 0 Å². The van der Waals surface area contributed by atoms with E-state index in [0.717, 1.165) is 13.0 Å². The van der Waals surface area contributed by atoms with Gasteiger partial charge in [-0.3, -0.25) is 0 Å². The Hall–Kier alpha value is -1.26. The van der Waals surface area contributed by atoms with Crippen molar-refractivity contribution < 1.29 is 0 Å². The van der Waals surface area contributed by atoms with Crippen LogP contribution in [0.5, 0.6) is 0 Å². The molecule has 0 fully saturated rings. The Labute approximate surface area is 119 Å². The molecule has 1 aromatic carbocycles. The van der Waals surface area contributed by atoms with Crippen molar-refractivity contribution in [3.63, 3.8) is 0 Å². The maximum Gasteiger partial charge on any atom is 0.0706 e. The highest BCUT2D eigenvalue weighted by Gasteiger charge is 2.18. The third kappa shape index (κ3) is 3.19. The molecule has 1 N–H and O–H groups in total. The molecule has 19 heavy (non-hydrogen) atoms. The van der Waals surface area contributed by atoms with Crippen LogP contribution in [0.15, 0.2) is 18.3 Å². The average Bonchev–Trinajstić information content (AvgIpc) is 2.89. The first kappa shape index (κ1) is 14.2. The number of nitrogens with zero attached hydrogens (tertiary/aromatic N) is 2. The number of aromatic nitrogens is 2. The Balaban J connectivity index is 2.40. The van der Waals surface area contributed by atoms with Gasteiger partial charge in [0.1, 0.15) is 0 Å². The van der Waals surface area contributed by atoms with Gasteiger partial charge >= 0.3 is 0 Å². The molecule has 0 bridgehead atoms. The minimum absolute atomic E-state index is 0.208. The maximum atomic E-state index is 4.00. The second kappa shape index (κ2) is 6.26. The van der Waals surface area contributed by atoms with Crippen molar-refractivity contribution in [3.05, 3.63) is 45.5 Å². The molecule has 3 nitrogen and oxygen atoms in total. The Morgan fingerprint density at radius 1 is 1.16 bits per heavy atom. The Morgan fingerprint density at radius 2 is 1.89 bits per heavy atom. The van der Waals surface area contributed by atoms with Gasteiger partial charge in [0.25, 0.3) is 0 Å². The second-order valence-corrected chi connectivity index (χ2v) is 5.82. The normalized spacial score (nSPS) is 12.6. The van der Waals surface area contributed by atoms with Gasteiger partial charge in [0.15, 0.2) is 0 Å². The van der Waals surface area contributed by atoms with E-state index in [1.807, 2.05) is 6.20 Å². The van der Waals surface area contributed by atoms with E-state index in [9.17, 15) is 0 Å². The fraction of sp³-hybridized carbons (Fsp3) is 0.467. The number of aryl methyl sites for hydroxylation is 3. The van der Waals surface area contributed by atoms with E-state index in [-0.39, 0.29) is 6.04 Å². The quantitative estimate of drug-likeness (QED) is 0.906. The van der Waals surface area contributed by atoms with Gasteiger partial charge in [0.2, 0.25) is 0 Å². The van der Waals surface area contributed by atoms with Crippen molar-refractivity contribution in [2.24, 2.45) is 0 Å². The van der Waals surface area contributed by atoms with Crippen LogP contribution < -0.4 is 5.32 Å². The number of hydrogen-bond acceptors (Lipinski definition) is 4. The highest BCUT2D eigenvalue weighted by molar-refractivity contribution is 7.05. The summed E-state index contributed by atoms with van der Waals surface area (Å²) in [6.45, 7) is 9.68. The molecular weight excluding hydrogens is 254 g/mol. The van der Waals surface area contributed by atoms with Gasteiger partial charge in [0, 0.05) is 0 Å². The van der Waals surface area contributed by atoms with Crippen LogP contribution in [-0.4, -0.2) is 16.1 Å². The van der Waals surface area contributed by atoms with Crippen molar-refractivity contribution in [1.29, 1.82) is 0 Å². The predicted octanol–water partition coefficient (Wildman–Crippen LogP) is 3.55. The smallest absolute Gasteiger partial charge is 0.0706 e. The zero-order valence-electron chi connectivity index (χ0n) is 12.0. The summed E-state index contributed by atoms with van der Waals surface area (Å²) in [5, 5.41) is 7.58. The van der Waals surface area contributed by atoms with E-state index < -0.39 is 0 Å². The SMILES string of the molecule is CCCNC(c1cnns1)c1cc(C)c(C)cc1C. The van der Waals surface area contributed by atoms with Gasteiger partial charge in [-0.1, -0.05) is 23.5 Å². The predicted molar refractivity (Wildman–Crippen MR) is 80.7 cm³/mol. The van der Waals surface area contributed by atoms with Gasteiger partial charge in [-0.05, 0) is 67.5 Å². The fourth-order valence-corrected chi connectivity index (χ4v) is 2.85. The minimum Gasteiger partial charge on any atom is -0.305 e. The van der Waals surface area contributed by atoms with Crippen molar-refractivity contribution in [1.82, 2.24) is 14.9 Å². The second-order valence-electron chi connectivity index (χ2n) is 5.00. The lowest BCUT2D eigenvalue weighted by atomic mass is 9.95. The van der Waals surface area contributed by atoms with Crippen LogP contribution in [0.1, 0.15) is 46.5 Å². The molecule has 102 valence electrons. The van der Waals surface area contributed by atoms with Crippen LogP contribution in [0.3, 0.4) is 0 Å². The van der Waals surface area contributed by atoms with Crippen LogP contribution in [0.4, 0.5) is 0 Å². The number of nitrogens with one attached hydrogen (secondary N) is 1. The lowest BCUT2D eigenvalue weighted by Gasteiger charge is -2.20. The van der Waals surface area contributed by atoms with E-state index in [4.69, 9.17) is 0 Å². The van der Waals surface area contributed by atoms with E-state index >= 15 is 0 Å². The van der Waals surface area contributed by atoms with Crippen molar-refractivity contribution >= 4 is 11.5 Å². The molecule has 1 aromatic heterocycles. The van der Waals surface area contributed by atoms with Crippen molar-refractivity contribution in [3.8, 4) is 0 Å². The van der Waals surface area contributed by atoms with Gasteiger partial charge in [-0.2, -0.15) is 0 Å². The van der Waals surface area contributed by atoms with Crippen molar-refractivity contribution in [2.45, 2.75) is 40.2 Å². The first-order valence-electron chi connectivity index (χ1n) is 6.71. The largest absolute Gasteiger partial charge is 0.305 e. The summed E-state index contributed by atoms with van der Waals surface area (Å²) in [4.78, 5) is 1.18. The summed E-state index contributed by atoms with van der Waals surface area (Å²) in [7, 11) is 0. The standard InChI is InChI=1S/C15H21N3S/c1-5-6-16-15(14-9-17-18-19-14)13-8-11(3)10(2)7-12(13)4/h7-9,15-16H,5-6H2,1-4H3. The molecular formula is C15H21N3S. The lowest BCUT2D eigenvalue weighted by molar-refractivity contribution is 0.602. The van der Waals surface area contributed by atoms with Crippen LogP contribution in [-0.2, 0) is 0 Å². The molecule has 2 rings (SSSR count). The summed E-state index contributed by atoms with van der Waals surface area (Å²) in [5.41, 5.74) is 5.34. The molecule has 0 amide bonds. The van der Waals surface area contributed by atoms with E-state index in [1.165, 1.54) is 38.7 Å². The van der Waals surface area contributed by atoms with Gasteiger partial charge in [-0.25, -0.2) is 0 Å².